The van der Waals surface area contributed by atoms with Crippen molar-refractivity contribution in [3.63, 3.8) is 0 Å². The zero-order valence-corrected chi connectivity index (χ0v) is 10.7. The molecule has 0 bridgehead atoms. The molecule has 0 aliphatic rings. The molecule has 0 fully saturated rings. The summed E-state index contributed by atoms with van der Waals surface area (Å²) in [6.07, 6.45) is 1.57. The van der Waals surface area contributed by atoms with Gasteiger partial charge in [-0.2, -0.15) is 0 Å². The largest absolute Gasteiger partial charge is 0.370 e. The number of nitrogens with two attached hydrogens (primary N) is 1. The van der Waals surface area contributed by atoms with Gasteiger partial charge >= 0.3 is 0 Å². The van der Waals surface area contributed by atoms with Crippen LogP contribution in [0.1, 0.15) is 33.6 Å². The normalized spacial score (nSPS) is 13.2. The van der Waals surface area contributed by atoms with E-state index in [4.69, 9.17) is 11.1 Å². The fourth-order valence-corrected chi connectivity index (χ4v) is 1.46. The van der Waals surface area contributed by atoms with Crippen LogP contribution in [0.15, 0.2) is 0 Å². The fourth-order valence-electron chi connectivity index (χ4n) is 1.46. The van der Waals surface area contributed by atoms with E-state index in [9.17, 15) is 4.79 Å². The number of carbonyl (C=O) groups excluding carboxylic acids is 1. The summed E-state index contributed by atoms with van der Waals surface area (Å²) in [6.45, 7) is 6.40. The van der Waals surface area contributed by atoms with Crippen molar-refractivity contribution in [2.75, 3.05) is 13.6 Å². The first-order valence-electron chi connectivity index (χ1n) is 5.58. The van der Waals surface area contributed by atoms with Crippen LogP contribution in [-0.4, -0.2) is 31.4 Å². The molecule has 5 heteroatoms. The van der Waals surface area contributed by atoms with E-state index in [1.54, 1.807) is 7.05 Å². The second-order valence-electron chi connectivity index (χ2n) is 4.94. The number of guanidine groups is 1. The molecule has 0 heterocycles. The van der Waals surface area contributed by atoms with Crippen molar-refractivity contribution < 1.29 is 4.79 Å². The second kappa shape index (κ2) is 6.48. The third-order valence-electron chi connectivity index (χ3n) is 2.39. The van der Waals surface area contributed by atoms with Gasteiger partial charge in [0.15, 0.2) is 11.7 Å². The van der Waals surface area contributed by atoms with Crippen molar-refractivity contribution in [3.8, 4) is 0 Å². The number of ketones is 1. The number of hydrogen-bond acceptors (Lipinski definition) is 3. The zero-order chi connectivity index (χ0) is 12.8. The van der Waals surface area contributed by atoms with E-state index in [0.29, 0.717) is 6.54 Å². The quantitative estimate of drug-likeness (QED) is 0.302. The maximum atomic E-state index is 12.0. The van der Waals surface area contributed by atoms with Crippen molar-refractivity contribution in [3.05, 3.63) is 0 Å². The van der Waals surface area contributed by atoms with Gasteiger partial charge in [0, 0.05) is 12.0 Å². The molecule has 0 aromatic rings. The van der Waals surface area contributed by atoms with E-state index < -0.39 is 0 Å². The van der Waals surface area contributed by atoms with Crippen LogP contribution in [0.2, 0.25) is 0 Å². The monoisotopic (exact) mass is 228 g/mol. The second-order valence-corrected chi connectivity index (χ2v) is 4.94. The first-order valence-corrected chi connectivity index (χ1v) is 5.58. The highest BCUT2D eigenvalue weighted by atomic mass is 16.1. The van der Waals surface area contributed by atoms with Gasteiger partial charge in [-0.05, 0) is 19.9 Å². The van der Waals surface area contributed by atoms with Crippen molar-refractivity contribution in [1.29, 1.82) is 5.41 Å². The lowest BCUT2D eigenvalue weighted by molar-refractivity contribution is -0.128. The lowest BCUT2D eigenvalue weighted by Gasteiger charge is -2.24. The topological polar surface area (TPSA) is 91.0 Å². The average molecular weight is 228 g/mol. The van der Waals surface area contributed by atoms with Gasteiger partial charge in [-0.25, -0.2) is 0 Å². The molecule has 0 rings (SSSR count). The van der Waals surface area contributed by atoms with E-state index in [0.717, 1.165) is 12.8 Å². The van der Waals surface area contributed by atoms with Crippen LogP contribution in [0, 0.1) is 10.8 Å². The van der Waals surface area contributed by atoms with Crippen LogP contribution >= 0.6 is 0 Å². The van der Waals surface area contributed by atoms with Crippen LogP contribution in [0.5, 0.6) is 0 Å². The Hall–Kier alpha value is -1.10. The Morgan fingerprint density at radius 1 is 1.44 bits per heavy atom. The van der Waals surface area contributed by atoms with Gasteiger partial charge in [-0.1, -0.05) is 20.8 Å². The summed E-state index contributed by atoms with van der Waals surface area (Å²) in [6, 6.07) is -0.117. The molecule has 16 heavy (non-hydrogen) atoms. The fraction of sp³-hybridized carbons (Fsp3) is 0.818. The molecule has 0 saturated carbocycles. The lowest BCUT2D eigenvalue weighted by atomic mass is 9.85. The Morgan fingerprint density at radius 2 is 2.00 bits per heavy atom. The maximum absolute atomic E-state index is 12.0. The molecule has 0 saturated heterocycles. The van der Waals surface area contributed by atoms with Gasteiger partial charge in [0.1, 0.15) is 0 Å². The summed E-state index contributed by atoms with van der Waals surface area (Å²) in [5.74, 6) is 0.195. The van der Waals surface area contributed by atoms with Gasteiger partial charge in [0.25, 0.3) is 0 Å². The molecule has 0 radical (unpaired) electrons. The van der Waals surface area contributed by atoms with E-state index >= 15 is 0 Å². The molecule has 0 aliphatic carbocycles. The van der Waals surface area contributed by atoms with Crippen molar-refractivity contribution in [2.24, 2.45) is 11.1 Å². The third-order valence-corrected chi connectivity index (χ3v) is 2.39. The molecule has 0 aromatic carbocycles. The molecular weight excluding hydrogens is 204 g/mol. The molecule has 5 N–H and O–H groups in total. The molecule has 0 aromatic heterocycles. The molecule has 94 valence electrons. The van der Waals surface area contributed by atoms with Crippen LogP contribution in [-0.2, 0) is 4.79 Å². The van der Waals surface area contributed by atoms with Crippen LogP contribution in [0.25, 0.3) is 0 Å². The summed E-state index contributed by atoms with van der Waals surface area (Å²) >= 11 is 0. The van der Waals surface area contributed by atoms with Crippen molar-refractivity contribution in [1.82, 2.24) is 10.6 Å². The highest BCUT2D eigenvalue weighted by molar-refractivity contribution is 5.88. The van der Waals surface area contributed by atoms with Crippen molar-refractivity contribution >= 4 is 11.7 Å². The molecule has 0 spiro atoms. The van der Waals surface area contributed by atoms with E-state index in [1.807, 2.05) is 20.8 Å². The molecule has 0 unspecified atom stereocenters. The number of rotatable bonds is 6. The van der Waals surface area contributed by atoms with Gasteiger partial charge in [-0.3, -0.25) is 10.2 Å². The molecular formula is C11H24N4O. The summed E-state index contributed by atoms with van der Waals surface area (Å²) < 4.78 is 0. The van der Waals surface area contributed by atoms with Gasteiger partial charge in [0.05, 0.1) is 6.04 Å². The first kappa shape index (κ1) is 14.9. The Balaban J connectivity index is 4.02. The Kier molecular flexibility index (Phi) is 6.03. The molecule has 0 amide bonds. The predicted molar refractivity (Wildman–Crippen MR) is 66.5 cm³/mol. The predicted octanol–water partition coefficient (Wildman–Crippen LogP) is 0.453. The highest BCUT2D eigenvalue weighted by Gasteiger charge is 2.27. The van der Waals surface area contributed by atoms with E-state index in [1.165, 1.54) is 0 Å². The summed E-state index contributed by atoms with van der Waals surface area (Å²) in [4.78, 5) is 12.0. The minimum absolute atomic E-state index is 0.0249. The number of nitrogens with one attached hydrogen (secondary N) is 3. The summed E-state index contributed by atoms with van der Waals surface area (Å²) in [7, 11) is 1.80. The molecule has 1 atom stereocenters. The summed E-state index contributed by atoms with van der Waals surface area (Å²) in [5.41, 5.74) is 4.84. The van der Waals surface area contributed by atoms with E-state index in [-0.39, 0.29) is 23.2 Å². The van der Waals surface area contributed by atoms with Crippen molar-refractivity contribution in [2.45, 2.75) is 39.7 Å². The Labute approximate surface area is 97.7 Å². The average Bonchev–Trinajstić information content (AvgIpc) is 2.15. The Morgan fingerprint density at radius 3 is 2.38 bits per heavy atom. The van der Waals surface area contributed by atoms with Gasteiger partial charge < -0.3 is 16.4 Å². The highest BCUT2D eigenvalue weighted by Crippen LogP contribution is 2.18. The first-order chi connectivity index (χ1) is 7.29. The third kappa shape index (κ3) is 5.70. The lowest BCUT2D eigenvalue weighted by Crippen LogP contribution is -2.41. The molecule has 5 nitrogen and oxygen atoms in total. The minimum atomic E-state index is -0.318. The number of likely N-dealkylation sites (N-methyl/N-ethyl adjacent to an activating group) is 1. The van der Waals surface area contributed by atoms with Crippen LogP contribution in [0.4, 0.5) is 0 Å². The standard InChI is InChI=1S/C11H24N4O/c1-11(2,3)9(16)8(14-4)6-5-7-15-10(12)13/h8,14H,5-7H2,1-4H3,(H4,12,13,15)/t8-/m1/s1. The number of hydrogen-bond donors (Lipinski definition) is 4. The SMILES string of the molecule is CN[C@H](CCCNC(=N)N)C(=O)C(C)(C)C. The van der Waals surface area contributed by atoms with Crippen LogP contribution < -0.4 is 16.4 Å². The minimum Gasteiger partial charge on any atom is -0.370 e. The maximum Gasteiger partial charge on any atom is 0.185 e. The zero-order valence-electron chi connectivity index (χ0n) is 10.7. The van der Waals surface area contributed by atoms with Gasteiger partial charge in [0.2, 0.25) is 0 Å². The number of Topliss-reactive ketones (excluding diaryl/α,β-unsaturated/α-hetero) is 1. The molecule has 0 aliphatic heterocycles. The Bertz CT molecular complexity index is 245. The smallest absolute Gasteiger partial charge is 0.185 e. The van der Waals surface area contributed by atoms with Gasteiger partial charge in [-0.15, -0.1) is 0 Å². The van der Waals surface area contributed by atoms with E-state index in [2.05, 4.69) is 10.6 Å². The summed E-state index contributed by atoms with van der Waals surface area (Å²) in [5, 5.41) is 12.8. The van der Waals surface area contributed by atoms with Crippen LogP contribution in [0.3, 0.4) is 0 Å². The number of carbonyl (C=O) groups is 1.